The zero-order valence-corrected chi connectivity index (χ0v) is 10.4. The molecule has 0 radical (unpaired) electrons. The predicted octanol–water partition coefficient (Wildman–Crippen LogP) is 2.09. The molecule has 0 aliphatic heterocycles. The van der Waals surface area contributed by atoms with Gasteiger partial charge in [0.05, 0.1) is 6.54 Å². The second kappa shape index (κ2) is 4.42. The summed E-state index contributed by atoms with van der Waals surface area (Å²) >= 11 is 0. The molecule has 5 nitrogen and oxygen atoms in total. The number of hydrogen-bond donors (Lipinski definition) is 2. The molecule has 0 amide bonds. The van der Waals surface area contributed by atoms with E-state index < -0.39 is 5.97 Å². The lowest BCUT2D eigenvalue weighted by Crippen LogP contribution is -2.09. The lowest BCUT2D eigenvalue weighted by atomic mass is 10.2. The van der Waals surface area contributed by atoms with Crippen LogP contribution in [0.5, 0.6) is 0 Å². The lowest BCUT2D eigenvalue weighted by molar-refractivity contribution is 0.0692. The Kier molecular flexibility index (Phi) is 2.74. The predicted molar refractivity (Wildman–Crippen MR) is 71.1 cm³/mol. The normalized spacial score (nSPS) is 14.5. The maximum atomic E-state index is 11.1. The van der Waals surface area contributed by atoms with E-state index in [9.17, 15) is 4.79 Å². The summed E-state index contributed by atoms with van der Waals surface area (Å²) in [4.78, 5) is 15.3. The van der Waals surface area contributed by atoms with Gasteiger partial charge in [-0.1, -0.05) is 30.3 Å². The fraction of sp³-hybridized carbons (Fsp3) is 0.286. The molecule has 1 aliphatic carbocycles. The number of carboxylic acids is 1. The molecular formula is C14H15N3O2. The van der Waals surface area contributed by atoms with Gasteiger partial charge in [0.15, 0.2) is 5.69 Å². The maximum Gasteiger partial charge on any atom is 0.358 e. The van der Waals surface area contributed by atoms with Gasteiger partial charge in [-0.05, 0) is 18.4 Å². The third kappa shape index (κ3) is 2.19. The minimum atomic E-state index is -1.06. The van der Waals surface area contributed by atoms with E-state index in [0.717, 1.165) is 24.2 Å². The molecule has 0 unspecified atom stereocenters. The standard InChI is InChI=1S/C14H15N3O2/c15-12-11(14(18)19)16-13(10-6-7-10)17(12)8-9-4-2-1-3-5-9/h1-5,10H,6-8,15H2,(H,18,19). The fourth-order valence-electron chi connectivity index (χ4n) is 2.23. The number of nitrogen functional groups attached to an aromatic ring is 1. The Bertz CT molecular complexity index is 615. The molecule has 3 rings (SSSR count). The van der Waals surface area contributed by atoms with Crippen LogP contribution in [0, 0.1) is 0 Å². The molecule has 1 aliphatic rings. The van der Waals surface area contributed by atoms with E-state index in [1.54, 1.807) is 0 Å². The van der Waals surface area contributed by atoms with Crippen LogP contribution in [0.4, 0.5) is 5.82 Å². The first kappa shape index (κ1) is 11.8. The molecule has 1 fully saturated rings. The van der Waals surface area contributed by atoms with Crippen LogP contribution in [0.3, 0.4) is 0 Å². The number of aromatic nitrogens is 2. The highest BCUT2D eigenvalue weighted by molar-refractivity contribution is 5.90. The Hall–Kier alpha value is -2.30. The average Bonchev–Trinajstić information content (AvgIpc) is 3.18. The smallest absolute Gasteiger partial charge is 0.358 e. The number of carboxylic acid groups (broad SMARTS) is 1. The van der Waals surface area contributed by atoms with Crippen LogP contribution < -0.4 is 5.73 Å². The van der Waals surface area contributed by atoms with Gasteiger partial charge in [0.25, 0.3) is 0 Å². The molecule has 3 N–H and O–H groups in total. The highest BCUT2D eigenvalue weighted by atomic mass is 16.4. The van der Waals surface area contributed by atoms with Crippen LogP contribution in [-0.4, -0.2) is 20.6 Å². The second-order valence-electron chi connectivity index (χ2n) is 4.86. The number of aromatic carboxylic acids is 1. The van der Waals surface area contributed by atoms with Gasteiger partial charge in [0, 0.05) is 5.92 Å². The van der Waals surface area contributed by atoms with Crippen molar-refractivity contribution in [3.8, 4) is 0 Å². The first-order valence-corrected chi connectivity index (χ1v) is 6.30. The van der Waals surface area contributed by atoms with E-state index in [4.69, 9.17) is 10.8 Å². The van der Waals surface area contributed by atoms with Crippen molar-refractivity contribution in [2.45, 2.75) is 25.3 Å². The minimum absolute atomic E-state index is 0.0298. The van der Waals surface area contributed by atoms with E-state index >= 15 is 0 Å². The van der Waals surface area contributed by atoms with Crippen LogP contribution >= 0.6 is 0 Å². The van der Waals surface area contributed by atoms with E-state index in [1.165, 1.54) is 0 Å². The zero-order valence-electron chi connectivity index (χ0n) is 10.4. The molecule has 5 heteroatoms. The molecule has 2 aromatic rings. The lowest BCUT2D eigenvalue weighted by Gasteiger charge is -2.09. The second-order valence-corrected chi connectivity index (χ2v) is 4.86. The molecule has 0 atom stereocenters. The monoisotopic (exact) mass is 257 g/mol. The fourth-order valence-corrected chi connectivity index (χ4v) is 2.23. The molecule has 1 heterocycles. The van der Waals surface area contributed by atoms with Gasteiger partial charge in [-0.2, -0.15) is 0 Å². The topological polar surface area (TPSA) is 81.1 Å². The van der Waals surface area contributed by atoms with Crippen LogP contribution in [0.1, 0.15) is 40.6 Å². The third-order valence-electron chi connectivity index (χ3n) is 3.36. The van der Waals surface area contributed by atoms with Crippen molar-refractivity contribution in [2.75, 3.05) is 5.73 Å². The van der Waals surface area contributed by atoms with Gasteiger partial charge in [0.2, 0.25) is 0 Å². The summed E-state index contributed by atoms with van der Waals surface area (Å²) in [6.45, 7) is 0.568. The SMILES string of the molecule is Nc1c(C(=O)O)nc(C2CC2)n1Cc1ccccc1. The number of carbonyl (C=O) groups is 1. The van der Waals surface area contributed by atoms with Crippen molar-refractivity contribution in [2.24, 2.45) is 0 Å². The third-order valence-corrected chi connectivity index (χ3v) is 3.36. The number of hydrogen-bond acceptors (Lipinski definition) is 3. The molecule has 0 bridgehead atoms. The first-order valence-electron chi connectivity index (χ1n) is 6.30. The summed E-state index contributed by atoms with van der Waals surface area (Å²) in [6, 6.07) is 9.85. The molecule has 1 aromatic heterocycles. The number of nitrogens with two attached hydrogens (primary N) is 1. The summed E-state index contributed by atoms with van der Waals surface area (Å²) in [6.07, 6.45) is 2.12. The Morgan fingerprint density at radius 1 is 1.37 bits per heavy atom. The van der Waals surface area contributed by atoms with Crippen molar-refractivity contribution >= 4 is 11.8 Å². The Labute approximate surface area is 110 Å². The molecule has 98 valence electrons. The van der Waals surface area contributed by atoms with Gasteiger partial charge in [-0.15, -0.1) is 0 Å². The van der Waals surface area contributed by atoms with E-state index in [1.807, 2.05) is 34.9 Å². The quantitative estimate of drug-likeness (QED) is 0.878. The summed E-state index contributed by atoms with van der Waals surface area (Å²) < 4.78 is 1.83. The van der Waals surface area contributed by atoms with Crippen LogP contribution in [-0.2, 0) is 6.54 Å². The Morgan fingerprint density at radius 2 is 2.05 bits per heavy atom. The van der Waals surface area contributed by atoms with Crippen LogP contribution in [0.15, 0.2) is 30.3 Å². The molecule has 19 heavy (non-hydrogen) atoms. The van der Waals surface area contributed by atoms with Crippen molar-refractivity contribution in [3.63, 3.8) is 0 Å². The number of benzene rings is 1. The molecule has 1 aromatic carbocycles. The van der Waals surface area contributed by atoms with E-state index in [-0.39, 0.29) is 11.5 Å². The van der Waals surface area contributed by atoms with Gasteiger partial charge in [0.1, 0.15) is 11.6 Å². The summed E-state index contributed by atoms with van der Waals surface area (Å²) in [5, 5.41) is 9.12. The number of rotatable bonds is 4. The maximum absolute atomic E-state index is 11.1. The van der Waals surface area contributed by atoms with Crippen LogP contribution in [0.25, 0.3) is 0 Å². The molecule has 0 saturated heterocycles. The van der Waals surface area contributed by atoms with E-state index in [2.05, 4.69) is 4.98 Å². The van der Waals surface area contributed by atoms with Gasteiger partial charge >= 0.3 is 5.97 Å². The number of imidazole rings is 1. The summed E-state index contributed by atoms with van der Waals surface area (Å²) in [5.74, 6) is 0.349. The van der Waals surface area contributed by atoms with Crippen LogP contribution in [0.2, 0.25) is 0 Å². The largest absolute Gasteiger partial charge is 0.476 e. The highest BCUT2D eigenvalue weighted by Crippen LogP contribution is 2.40. The number of nitrogens with zero attached hydrogens (tertiary/aromatic N) is 2. The van der Waals surface area contributed by atoms with Crippen molar-refractivity contribution < 1.29 is 9.90 Å². The van der Waals surface area contributed by atoms with Crippen molar-refractivity contribution in [1.29, 1.82) is 0 Å². The summed E-state index contributed by atoms with van der Waals surface area (Å²) in [7, 11) is 0. The van der Waals surface area contributed by atoms with E-state index in [0.29, 0.717) is 12.5 Å². The van der Waals surface area contributed by atoms with Gasteiger partial charge < -0.3 is 15.4 Å². The van der Waals surface area contributed by atoms with Gasteiger partial charge in [-0.25, -0.2) is 9.78 Å². The Morgan fingerprint density at radius 3 is 2.63 bits per heavy atom. The highest BCUT2D eigenvalue weighted by Gasteiger charge is 2.32. The molecule has 1 saturated carbocycles. The van der Waals surface area contributed by atoms with Gasteiger partial charge in [-0.3, -0.25) is 0 Å². The average molecular weight is 257 g/mol. The zero-order chi connectivity index (χ0) is 13.4. The van der Waals surface area contributed by atoms with Crippen molar-refractivity contribution in [3.05, 3.63) is 47.4 Å². The molecular weight excluding hydrogens is 242 g/mol. The molecule has 0 spiro atoms. The Balaban J connectivity index is 2.01. The summed E-state index contributed by atoms with van der Waals surface area (Å²) in [5.41, 5.74) is 7.00. The van der Waals surface area contributed by atoms with Crippen molar-refractivity contribution in [1.82, 2.24) is 9.55 Å². The first-order chi connectivity index (χ1) is 9.16. The minimum Gasteiger partial charge on any atom is -0.476 e. The number of anilines is 1.